The molecule has 2 amide bonds. The Morgan fingerprint density at radius 3 is 2.44 bits per heavy atom. The summed E-state index contributed by atoms with van der Waals surface area (Å²) in [5.74, 6) is -1.49. The third kappa shape index (κ3) is 10.7. The summed E-state index contributed by atoms with van der Waals surface area (Å²) in [7, 11) is 0. The van der Waals surface area contributed by atoms with Crippen LogP contribution in [0.1, 0.15) is 6.42 Å². The summed E-state index contributed by atoms with van der Waals surface area (Å²) >= 11 is 0. The smallest absolute Gasteiger partial charge is 0.372 e. The van der Waals surface area contributed by atoms with E-state index in [-0.39, 0.29) is 6.42 Å². The Kier molecular flexibility index (Phi) is 6.42. The fraction of sp³-hybridized carbons (Fsp3) is 0.714. The average molecular weight is 244 g/mol. The zero-order valence-corrected chi connectivity index (χ0v) is 8.17. The maximum atomic E-state index is 11.6. The molecule has 0 aliphatic carbocycles. The number of alkyl halides is 3. The number of carbonyl (C=O) groups is 2. The molecule has 0 fully saturated rings. The van der Waals surface area contributed by atoms with Crippen LogP contribution in [0.15, 0.2) is 0 Å². The number of carbonyl (C=O) groups excluding carboxylic acids is 2. The average Bonchev–Trinajstić information content (AvgIpc) is 2.10. The number of hydroxylamine groups is 1. The lowest BCUT2D eigenvalue weighted by atomic mass is 10.4. The highest BCUT2D eigenvalue weighted by molar-refractivity contribution is 5.76. The molecule has 0 aliphatic rings. The number of nitrogens with two attached hydrogens (primary N) is 1. The van der Waals surface area contributed by atoms with Gasteiger partial charge >= 0.3 is 6.18 Å². The van der Waals surface area contributed by atoms with Crippen LogP contribution in [0, 0.1) is 0 Å². The summed E-state index contributed by atoms with van der Waals surface area (Å²) in [6.07, 6.45) is -4.73. The first-order chi connectivity index (χ1) is 7.31. The number of hydrogen-bond acceptors (Lipinski definition) is 4. The molecule has 0 aliphatic heterocycles. The largest absolute Gasteiger partial charge is 0.411 e. The van der Waals surface area contributed by atoms with E-state index in [9.17, 15) is 22.8 Å². The molecule has 0 aromatic heterocycles. The van der Waals surface area contributed by atoms with Crippen LogP contribution in [0.2, 0.25) is 0 Å². The Bertz CT molecular complexity index is 244. The first-order valence-corrected chi connectivity index (χ1v) is 4.14. The zero-order chi connectivity index (χ0) is 12.6. The minimum Gasteiger partial charge on any atom is -0.372 e. The van der Waals surface area contributed by atoms with Crippen LogP contribution < -0.4 is 11.2 Å². The number of ether oxygens (including phenoxy) is 1. The molecule has 0 bridgehead atoms. The predicted octanol–water partition coefficient (Wildman–Crippen LogP) is -0.512. The van der Waals surface area contributed by atoms with Crippen LogP contribution in [0.25, 0.3) is 0 Å². The molecule has 0 saturated carbocycles. The van der Waals surface area contributed by atoms with E-state index in [1.807, 2.05) is 5.48 Å². The molecule has 6 nitrogen and oxygen atoms in total. The van der Waals surface area contributed by atoms with Gasteiger partial charge in [0.15, 0.2) is 6.61 Å². The Balaban J connectivity index is 3.41. The van der Waals surface area contributed by atoms with Crippen molar-refractivity contribution < 1.29 is 32.3 Å². The number of rotatable bonds is 7. The number of nitrogens with one attached hydrogen (secondary N) is 1. The van der Waals surface area contributed by atoms with Gasteiger partial charge in [-0.25, -0.2) is 5.48 Å². The van der Waals surface area contributed by atoms with Crippen molar-refractivity contribution in [1.29, 1.82) is 0 Å². The lowest BCUT2D eigenvalue weighted by Crippen LogP contribution is -2.30. The van der Waals surface area contributed by atoms with Gasteiger partial charge in [-0.15, -0.1) is 0 Å². The lowest BCUT2D eigenvalue weighted by molar-refractivity contribution is -0.175. The van der Waals surface area contributed by atoms with Crippen molar-refractivity contribution in [1.82, 2.24) is 5.48 Å². The van der Waals surface area contributed by atoms with E-state index in [1.54, 1.807) is 0 Å². The van der Waals surface area contributed by atoms with Crippen molar-refractivity contribution >= 4 is 11.8 Å². The number of primary amides is 1. The Hall–Kier alpha value is -1.35. The van der Waals surface area contributed by atoms with Crippen molar-refractivity contribution in [3.63, 3.8) is 0 Å². The highest BCUT2D eigenvalue weighted by Crippen LogP contribution is 2.14. The quantitative estimate of drug-likeness (QED) is 0.466. The van der Waals surface area contributed by atoms with Gasteiger partial charge in [-0.2, -0.15) is 13.2 Å². The van der Waals surface area contributed by atoms with Crippen LogP contribution >= 0.6 is 0 Å². The van der Waals surface area contributed by atoms with Gasteiger partial charge < -0.3 is 10.5 Å². The number of halogens is 3. The molecule has 94 valence electrons. The van der Waals surface area contributed by atoms with Crippen LogP contribution in [-0.4, -0.2) is 37.8 Å². The molecule has 0 heterocycles. The summed E-state index contributed by atoms with van der Waals surface area (Å²) < 4.78 is 38.9. The standard InChI is InChI=1S/C7H11F3N2O4/c8-7(9,10)4-15-2-1-6(14)12-16-3-5(11)13/h1-4H2,(H2,11,13)(H,12,14). The first kappa shape index (κ1) is 14.6. The molecule has 9 heteroatoms. The van der Waals surface area contributed by atoms with Gasteiger partial charge in [0.05, 0.1) is 13.0 Å². The van der Waals surface area contributed by atoms with Gasteiger partial charge in [0.2, 0.25) is 11.8 Å². The first-order valence-electron chi connectivity index (χ1n) is 4.14. The predicted molar refractivity (Wildman–Crippen MR) is 44.8 cm³/mol. The molecule has 0 spiro atoms. The second kappa shape index (κ2) is 7.01. The van der Waals surface area contributed by atoms with E-state index < -0.39 is 37.8 Å². The maximum Gasteiger partial charge on any atom is 0.411 e. The number of hydrogen-bond donors (Lipinski definition) is 2. The molecule has 0 unspecified atom stereocenters. The lowest BCUT2D eigenvalue weighted by Gasteiger charge is -2.07. The van der Waals surface area contributed by atoms with E-state index in [0.29, 0.717) is 0 Å². The second-order valence-corrected chi connectivity index (χ2v) is 2.70. The summed E-state index contributed by atoms with van der Waals surface area (Å²) in [6, 6.07) is 0. The monoisotopic (exact) mass is 244 g/mol. The van der Waals surface area contributed by atoms with E-state index in [1.165, 1.54) is 0 Å². The van der Waals surface area contributed by atoms with Gasteiger partial charge in [0.25, 0.3) is 0 Å². The summed E-state index contributed by atoms with van der Waals surface area (Å²) in [5.41, 5.74) is 6.49. The topological polar surface area (TPSA) is 90.7 Å². The highest BCUT2D eigenvalue weighted by Gasteiger charge is 2.27. The second-order valence-electron chi connectivity index (χ2n) is 2.70. The summed E-state index contributed by atoms with van der Waals surface area (Å²) in [5, 5.41) is 0. The van der Waals surface area contributed by atoms with Crippen molar-refractivity contribution in [2.45, 2.75) is 12.6 Å². The Morgan fingerprint density at radius 2 is 1.94 bits per heavy atom. The Morgan fingerprint density at radius 1 is 1.31 bits per heavy atom. The van der Waals surface area contributed by atoms with Gasteiger partial charge in [-0.1, -0.05) is 0 Å². The van der Waals surface area contributed by atoms with Crippen molar-refractivity contribution in [3.05, 3.63) is 0 Å². The van der Waals surface area contributed by atoms with Gasteiger partial charge in [-0.3, -0.25) is 14.4 Å². The fourth-order valence-electron chi connectivity index (χ4n) is 0.592. The molecule has 0 aromatic carbocycles. The zero-order valence-electron chi connectivity index (χ0n) is 8.17. The van der Waals surface area contributed by atoms with Crippen LogP contribution in [-0.2, 0) is 19.2 Å². The minimum absolute atomic E-state index is 0.311. The van der Waals surface area contributed by atoms with Crippen molar-refractivity contribution in [3.8, 4) is 0 Å². The molecular weight excluding hydrogens is 233 g/mol. The van der Waals surface area contributed by atoms with Crippen molar-refractivity contribution in [2.75, 3.05) is 19.8 Å². The SMILES string of the molecule is NC(=O)CONC(=O)CCOCC(F)(F)F. The molecule has 0 rings (SSSR count). The summed E-state index contributed by atoms with van der Waals surface area (Å²) in [4.78, 5) is 25.3. The highest BCUT2D eigenvalue weighted by atomic mass is 19.4. The molecule has 3 N–H and O–H groups in total. The normalized spacial score (nSPS) is 11.2. The van der Waals surface area contributed by atoms with E-state index >= 15 is 0 Å². The van der Waals surface area contributed by atoms with Crippen LogP contribution in [0.4, 0.5) is 13.2 Å². The van der Waals surface area contributed by atoms with Crippen molar-refractivity contribution in [2.24, 2.45) is 5.73 Å². The molecule has 0 aromatic rings. The minimum atomic E-state index is -4.42. The third-order valence-corrected chi connectivity index (χ3v) is 1.14. The molecular formula is C7H11F3N2O4. The maximum absolute atomic E-state index is 11.6. The fourth-order valence-corrected chi connectivity index (χ4v) is 0.592. The number of amides is 2. The summed E-state index contributed by atoms with van der Waals surface area (Å²) in [6.45, 7) is -2.32. The van der Waals surface area contributed by atoms with E-state index in [2.05, 4.69) is 15.3 Å². The van der Waals surface area contributed by atoms with E-state index in [0.717, 1.165) is 0 Å². The molecule has 0 radical (unpaired) electrons. The Labute approximate surface area is 88.8 Å². The van der Waals surface area contributed by atoms with Gasteiger partial charge in [0, 0.05) is 0 Å². The molecule has 16 heavy (non-hydrogen) atoms. The van der Waals surface area contributed by atoms with Gasteiger partial charge in [-0.05, 0) is 0 Å². The third-order valence-electron chi connectivity index (χ3n) is 1.14. The van der Waals surface area contributed by atoms with E-state index in [4.69, 9.17) is 0 Å². The van der Waals surface area contributed by atoms with Crippen LogP contribution in [0.5, 0.6) is 0 Å². The van der Waals surface area contributed by atoms with Gasteiger partial charge in [0.1, 0.15) is 6.61 Å². The molecule has 0 atom stereocenters. The molecule has 0 saturated heterocycles. The van der Waals surface area contributed by atoms with Crippen LogP contribution in [0.3, 0.4) is 0 Å².